The molecule has 4 nitrogen and oxygen atoms in total. The Hall–Kier alpha value is -2.14. The Balaban J connectivity index is 2.16. The number of fused-ring (bicyclic) bond motifs is 1. The molecule has 2 aromatic rings. The number of carbonyl (C=O) groups is 2. The average molecular weight is 416 g/mol. The van der Waals surface area contributed by atoms with Crippen LogP contribution in [0.25, 0.3) is 0 Å². The summed E-state index contributed by atoms with van der Waals surface area (Å²) >= 11 is 3.57. The Kier molecular flexibility index (Phi) is 4.93. The molecule has 0 aliphatic heterocycles. The fourth-order valence-corrected chi connectivity index (χ4v) is 4.57. The number of hydrogen-bond donors (Lipinski definition) is 1. The number of nitrogens with zero attached hydrogens (tertiary/aromatic N) is 1. The number of carboxylic acid groups (broad SMARTS) is 1. The monoisotopic (exact) mass is 415 g/mol. The molecule has 0 aromatic heterocycles. The lowest BCUT2D eigenvalue weighted by Gasteiger charge is -2.28. The maximum atomic E-state index is 12.7. The number of carboxylic acids is 1. The Labute approximate surface area is 162 Å². The van der Waals surface area contributed by atoms with E-state index in [9.17, 15) is 14.7 Å². The first-order valence-electron chi connectivity index (χ1n) is 8.59. The molecule has 2 aromatic carbocycles. The third kappa shape index (κ3) is 3.05. The highest BCUT2D eigenvalue weighted by atomic mass is 79.9. The summed E-state index contributed by atoms with van der Waals surface area (Å²) in [6.07, 6.45) is 1.57. The van der Waals surface area contributed by atoms with E-state index in [1.54, 1.807) is 14.1 Å². The lowest BCUT2D eigenvalue weighted by atomic mass is 9.75. The molecule has 1 aliphatic rings. The molecule has 1 unspecified atom stereocenters. The molecule has 0 heterocycles. The molecule has 0 saturated heterocycles. The minimum atomic E-state index is -1.00. The van der Waals surface area contributed by atoms with E-state index in [2.05, 4.69) is 15.9 Å². The molecule has 0 spiro atoms. The van der Waals surface area contributed by atoms with Crippen LogP contribution in [-0.4, -0.2) is 36.0 Å². The molecule has 1 N–H and O–H groups in total. The van der Waals surface area contributed by atoms with Gasteiger partial charge in [-0.1, -0.05) is 40.2 Å². The maximum Gasteiger partial charge on any atom is 0.314 e. The van der Waals surface area contributed by atoms with E-state index in [1.165, 1.54) is 4.90 Å². The van der Waals surface area contributed by atoms with Crippen molar-refractivity contribution in [2.24, 2.45) is 0 Å². The quantitative estimate of drug-likeness (QED) is 0.821. The van der Waals surface area contributed by atoms with Gasteiger partial charge in [-0.3, -0.25) is 9.59 Å². The first-order valence-corrected chi connectivity index (χ1v) is 9.38. The fourth-order valence-electron chi connectivity index (χ4n) is 3.85. The standard InChI is InChI=1S/C21H22BrNO3/c1-13-10-15(19(24)23(2)3)16(18(22)11-13)12-21(20(25)26)9-8-14-6-4-5-7-17(14)21/h4-7,10-11H,8-9,12H2,1-3H3,(H,25,26). The van der Waals surface area contributed by atoms with Crippen LogP contribution >= 0.6 is 15.9 Å². The molecule has 3 rings (SSSR count). The zero-order valence-electron chi connectivity index (χ0n) is 15.2. The number of hydrogen-bond acceptors (Lipinski definition) is 2. The third-order valence-corrected chi connectivity index (χ3v) is 5.93. The van der Waals surface area contributed by atoms with Gasteiger partial charge >= 0.3 is 5.97 Å². The molecular weight excluding hydrogens is 394 g/mol. The smallest absolute Gasteiger partial charge is 0.314 e. The second kappa shape index (κ2) is 6.88. The zero-order chi connectivity index (χ0) is 19.1. The summed E-state index contributed by atoms with van der Waals surface area (Å²) in [6.45, 7) is 1.93. The molecule has 136 valence electrons. The van der Waals surface area contributed by atoms with Gasteiger partial charge in [-0.25, -0.2) is 0 Å². The first-order chi connectivity index (χ1) is 12.3. The summed E-state index contributed by atoms with van der Waals surface area (Å²) in [5.74, 6) is -0.950. The maximum absolute atomic E-state index is 12.7. The summed E-state index contributed by atoms with van der Waals surface area (Å²) in [7, 11) is 3.42. The van der Waals surface area contributed by atoms with Crippen LogP contribution < -0.4 is 0 Å². The highest BCUT2D eigenvalue weighted by molar-refractivity contribution is 9.10. The van der Waals surface area contributed by atoms with Gasteiger partial charge in [-0.2, -0.15) is 0 Å². The Bertz CT molecular complexity index is 891. The average Bonchev–Trinajstić information content (AvgIpc) is 2.96. The molecule has 0 bridgehead atoms. The van der Waals surface area contributed by atoms with Gasteiger partial charge in [0.05, 0.1) is 5.41 Å². The summed E-state index contributed by atoms with van der Waals surface area (Å²) in [6, 6.07) is 11.5. The molecule has 1 amide bonds. The summed E-state index contributed by atoms with van der Waals surface area (Å²) in [5.41, 5.74) is 3.22. The second-order valence-corrected chi connectivity index (χ2v) is 8.05. The molecule has 0 saturated carbocycles. The van der Waals surface area contributed by atoms with Gasteiger partial charge in [-0.05, 0) is 60.6 Å². The van der Waals surface area contributed by atoms with Crippen molar-refractivity contribution in [1.82, 2.24) is 4.90 Å². The lowest BCUT2D eigenvalue weighted by Crippen LogP contribution is -2.37. The zero-order valence-corrected chi connectivity index (χ0v) is 16.8. The van der Waals surface area contributed by atoms with E-state index in [4.69, 9.17) is 0 Å². The van der Waals surface area contributed by atoms with Crippen molar-refractivity contribution in [3.05, 3.63) is 68.7 Å². The van der Waals surface area contributed by atoms with Gasteiger partial charge in [0, 0.05) is 24.1 Å². The number of aliphatic carboxylic acids is 1. The van der Waals surface area contributed by atoms with Crippen molar-refractivity contribution in [2.45, 2.75) is 31.6 Å². The number of carbonyl (C=O) groups excluding carboxylic acids is 1. The van der Waals surface area contributed by atoms with Gasteiger partial charge in [0.25, 0.3) is 5.91 Å². The molecule has 0 radical (unpaired) electrons. The first kappa shape index (κ1) is 18.6. The Morgan fingerprint density at radius 3 is 2.58 bits per heavy atom. The number of rotatable bonds is 4. The van der Waals surface area contributed by atoms with Crippen LogP contribution in [0.5, 0.6) is 0 Å². The van der Waals surface area contributed by atoms with Gasteiger partial charge in [-0.15, -0.1) is 0 Å². The van der Waals surface area contributed by atoms with E-state index in [1.807, 2.05) is 43.3 Å². The number of amides is 1. The second-order valence-electron chi connectivity index (χ2n) is 7.19. The number of halogens is 1. The van der Waals surface area contributed by atoms with Crippen LogP contribution in [-0.2, 0) is 23.1 Å². The number of benzene rings is 2. The molecule has 1 atom stereocenters. The van der Waals surface area contributed by atoms with E-state index < -0.39 is 11.4 Å². The SMILES string of the molecule is Cc1cc(Br)c(CC2(C(=O)O)CCc3ccccc32)c(C(=O)N(C)C)c1. The van der Waals surface area contributed by atoms with Gasteiger partial charge < -0.3 is 10.0 Å². The Morgan fingerprint density at radius 1 is 1.23 bits per heavy atom. The predicted octanol–water partition coefficient (Wildman–Crippen LogP) is 3.97. The van der Waals surface area contributed by atoms with Crippen LogP contribution in [0.3, 0.4) is 0 Å². The van der Waals surface area contributed by atoms with Crippen LogP contribution in [0.2, 0.25) is 0 Å². The predicted molar refractivity (Wildman–Crippen MR) is 105 cm³/mol. The molecular formula is C21H22BrNO3. The van der Waals surface area contributed by atoms with Crippen LogP contribution in [0.15, 0.2) is 40.9 Å². The molecule has 26 heavy (non-hydrogen) atoms. The van der Waals surface area contributed by atoms with Crippen LogP contribution in [0.1, 0.15) is 39.0 Å². The van der Waals surface area contributed by atoms with Gasteiger partial charge in [0.2, 0.25) is 0 Å². The van der Waals surface area contributed by atoms with Gasteiger partial charge in [0.15, 0.2) is 0 Å². The van der Waals surface area contributed by atoms with Crippen molar-refractivity contribution in [3.63, 3.8) is 0 Å². The minimum Gasteiger partial charge on any atom is -0.481 e. The topological polar surface area (TPSA) is 57.6 Å². The third-order valence-electron chi connectivity index (χ3n) is 5.22. The van der Waals surface area contributed by atoms with Crippen LogP contribution in [0.4, 0.5) is 0 Å². The molecule has 1 aliphatic carbocycles. The molecule has 5 heteroatoms. The normalized spacial score (nSPS) is 18.5. The van der Waals surface area contributed by atoms with Crippen molar-refractivity contribution >= 4 is 27.8 Å². The lowest BCUT2D eigenvalue weighted by molar-refractivity contribution is -0.143. The Morgan fingerprint density at radius 2 is 1.92 bits per heavy atom. The van der Waals surface area contributed by atoms with Gasteiger partial charge in [0.1, 0.15) is 0 Å². The van der Waals surface area contributed by atoms with Crippen molar-refractivity contribution < 1.29 is 14.7 Å². The van der Waals surface area contributed by atoms with Crippen molar-refractivity contribution in [3.8, 4) is 0 Å². The van der Waals surface area contributed by atoms with E-state index >= 15 is 0 Å². The molecule has 0 fully saturated rings. The van der Waals surface area contributed by atoms with E-state index in [0.29, 0.717) is 12.0 Å². The highest BCUT2D eigenvalue weighted by Crippen LogP contribution is 2.43. The minimum absolute atomic E-state index is 0.115. The van der Waals surface area contributed by atoms with Crippen molar-refractivity contribution in [2.75, 3.05) is 14.1 Å². The summed E-state index contributed by atoms with van der Waals surface area (Å²) in [4.78, 5) is 26.6. The summed E-state index contributed by atoms with van der Waals surface area (Å²) < 4.78 is 0.785. The number of aryl methyl sites for hydroxylation is 2. The largest absolute Gasteiger partial charge is 0.481 e. The highest BCUT2D eigenvalue weighted by Gasteiger charge is 2.46. The fraction of sp³-hybridized carbons (Fsp3) is 0.333. The van der Waals surface area contributed by atoms with Crippen molar-refractivity contribution in [1.29, 1.82) is 0 Å². The van der Waals surface area contributed by atoms with Crippen LogP contribution in [0, 0.1) is 6.92 Å². The van der Waals surface area contributed by atoms with E-state index in [0.717, 1.165) is 33.1 Å². The van der Waals surface area contributed by atoms with E-state index in [-0.39, 0.29) is 12.3 Å². The summed E-state index contributed by atoms with van der Waals surface area (Å²) in [5, 5.41) is 10.1.